The summed E-state index contributed by atoms with van der Waals surface area (Å²) in [5.41, 5.74) is 14.7. The van der Waals surface area contributed by atoms with Gasteiger partial charge in [-0.2, -0.15) is 0 Å². The molecule has 0 radical (unpaired) electrons. The van der Waals surface area contributed by atoms with Crippen molar-refractivity contribution >= 4 is 11.0 Å². The lowest BCUT2D eigenvalue weighted by Gasteiger charge is -2.27. The first-order valence-corrected chi connectivity index (χ1v) is 20.4. The Morgan fingerprint density at radius 2 is 1.09 bits per heavy atom. The Morgan fingerprint density at radius 3 is 1.64 bits per heavy atom. The normalized spacial score (nSPS) is 12.7. The van der Waals surface area contributed by atoms with Crippen LogP contribution in [0.5, 0.6) is 5.75 Å². The molecule has 2 heterocycles. The number of aromatic nitrogens is 3. The molecule has 0 amide bonds. The molecular formula is C53H58FN3O. The van der Waals surface area contributed by atoms with E-state index in [9.17, 15) is 9.50 Å². The highest BCUT2D eigenvalue weighted by Crippen LogP contribution is 2.43. The first kappa shape index (κ1) is 40.6. The fraction of sp³-hybridized carbons (Fsp3) is 0.321. The summed E-state index contributed by atoms with van der Waals surface area (Å²) in [6, 6.07) is 35.1. The van der Waals surface area contributed by atoms with Gasteiger partial charge in [0, 0.05) is 29.1 Å². The fourth-order valence-electron chi connectivity index (χ4n) is 7.51. The van der Waals surface area contributed by atoms with Crippen LogP contribution in [0.2, 0.25) is 0 Å². The number of imidazole rings is 1. The number of benzene rings is 5. The van der Waals surface area contributed by atoms with Gasteiger partial charge in [-0.05, 0) is 128 Å². The van der Waals surface area contributed by atoms with Crippen LogP contribution >= 0.6 is 0 Å². The molecule has 0 aliphatic carbocycles. The second kappa shape index (κ2) is 14.4. The number of nitrogens with zero attached hydrogens (tertiary/aromatic N) is 3. The van der Waals surface area contributed by atoms with Crippen molar-refractivity contribution in [3.8, 4) is 56.3 Å². The van der Waals surface area contributed by atoms with E-state index in [1.807, 2.05) is 12.3 Å². The zero-order valence-corrected chi connectivity index (χ0v) is 36.6. The third-order valence-corrected chi connectivity index (χ3v) is 11.3. The van der Waals surface area contributed by atoms with Crippen molar-refractivity contribution in [1.82, 2.24) is 14.5 Å². The average Bonchev–Trinajstić information content (AvgIpc) is 3.52. The standard InChI is InChI=1S/C53H58FN3O/c1-32-19-20-55-45(21-32)34-16-14-15-33(22-34)44-25-36(35-23-37(50(2,3)4)27-38(24-35)51(5,6)7)26-46-48(44)56-49(43-18-17-41(54)31-47(43)58)57(46)42-29-39(52(8,9)10)28-40(30-42)53(11,12)13/h14-31,58H,1-13H3. The molecule has 7 aromatic rings. The van der Waals surface area contributed by atoms with E-state index in [0.29, 0.717) is 11.4 Å². The van der Waals surface area contributed by atoms with E-state index in [2.05, 4.69) is 173 Å². The molecule has 4 nitrogen and oxygen atoms in total. The van der Waals surface area contributed by atoms with E-state index >= 15 is 0 Å². The third-order valence-electron chi connectivity index (χ3n) is 11.3. The Bertz CT molecular complexity index is 2630. The predicted molar refractivity (Wildman–Crippen MR) is 242 cm³/mol. The molecule has 5 aromatic carbocycles. The number of hydrogen-bond acceptors (Lipinski definition) is 3. The van der Waals surface area contributed by atoms with Crippen LogP contribution in [0.3, 0.4) is 0 Å². The molecule has 0 fully saturated rings. The highest BCUT2D eigenvalue weighted by molar-refractivity contribution is 6.00. The first-order valence-electron chi connectivity index (χ1n) is 20.4. The number of pyridine rings is 1. The van der Waals surface area contributed by atoms with Crippen LogP contribution in [0, 0.1) is 12.7 Å². The van der Waals surface area contributed by atoms with Gasteiger partial charge in [0.25, 0.3) is 0 Å². The van der Waals surface area contributed by atoms with Crippen LogP contribution < -0.4 is 0 Å². The summed E-state index contributed by atoms with van der Waals surface area (Å²) in [4.78, 5) is 10.2. The molecule has 58 heavy (non-hydrogen) atoms. The molecule has 5 heteroatoms. The number of phenols is 1. The average molecular weight is 772 g/mol. The van der Waals surface area contributed by atoms with Crippen LogP contribution in [0.25, 0.3) is 61.6 Å². The SMILES string of the molecule is Cc1ccnc(-c2cccc(-c3cc(-c4cc(C(C)(C)C)cc(C(C)(C)C)c4)cc4c3nc(-c3ccc(F)cc3O)n4-c3cc(C(C)(C)C)cc(C(C)(C)C)c3)c2)c1. The topological polar surface area (TPSA) is 50.9 Å². The van der Waals surface area contributed by atoms with Gasteiger partial charge in [0.05, 0.1) is 22.3 Å². The van der Waals surface area contributed by atoms with E-state index < -0.39 is 5.82 Å². The number of halogens is 1. The smallest absolute Gasteiger partial charge is 0.149 e. The summed E-state index contributed by atoms with van der Waals surface area (Å²) < 4.78 is 16.8. The zero-order chi connectivity index (χ0) is 42.1. The van der Waals surface area contributed by atoms with Crippen molar-refractivity contribution in [3.63, 3.8) is 0 Å². The highest BCUT2D eigenvalue weighted by atomic mass is 19.1. The van der Waals surface area contributed by atoms with Gasteiger partial charge in [-0.3, -0.25) is 9.55 Å². The van der Waals surface area contributed by atoms with Crippen molar-refractivity contribution in [2.75, 3.05) is 0 Å². The number of fused-ring (bicyclic) bond motifs is 1. The Morgan fingerprint density at radius 1 is 0.534 bits per heavy atom. The zero-order valence-electron chi connectivity index (χ0n) is 36.6. The van der Waals surface area contributed by atoms with E-state index in [4.69, 9.17) is 9.97 Å². The Kier molecular flexibility index (Phi) is 10.1. The van der Waals surface area contributed by atoms with Crippen LogP contribution in [0.1, 0.15) is 111 Å². The second-order valence-electron chi connectivity index (χ2n) is 20.2. The molecule has 0 spiro atoms. The predicted octanol–water partition coefficient (Wildman–Crippen LogP) is 14.4. The van der Waals surface area contributed by atoms with Gasteiger partial charge >= 0.3 is 0 Å². The van der Waals surface area contributed by atoms with Crippen molar-refractivity contribution in [1.29, 1.82) is 0 Å². The highest BCUT2D eigenvalue weighted by Gasteiger charge is 2.27. The van der Waals surface area contributed by atoms with Gasteiger partial charge in [-0.25, -0.2) is 9.37 Å². The molecule has 7 rings (SSSR count). The quantitative estimate of drug-likeness (QED) is 0.190. The van der Waals surface area contributed by atoms with Crippen LogP contribution in [0.15, 0.2) is 109 Å². The number of aromatic hydroxyl groups is 1. The molecule has 0 unspecified atom stereocenters. The summed E-state index contributed by atoms with van der Waals surface area (Å²) in [5, 5.41) is 11.4. The summed E-state index contributed by atoms with van der Waals surface area (Å²) in [7, 11) is 0. The molecule has 298 valence electrons. The minimum absolute atomic E-state index is 0.0795. The maximum absolute atomic E-state index is 14.6. The van der Waals surface area contributed by atoms with Crippen LogP contribution in [0.4, 0.5) is 4.39 Å². The minimum atomic E-state index is -0.508. The lowest BCUT2D eigenvalue weighted by atomic mass is 9.78. The van der Waals surface area contributed by atoms with Gasteiger partial charge in [0.1, 0.15) is 17.4 Å². The van der Waals surface area contributed by atoms with E-state index in [1.54, 1.807) is 6.07 Å². The van der Waals surface area contributed by atoms with Crippen molar-refractivity contribution < 1.29 is 9.50 Å². The maximum Gasteiger partial charge on any atom is 0.149 e. The molecule has 0 aliphatic heterocycles. The number of phenolic OH excluding ortho intramolecular Hbond substituents is 1. The van der Waals surface area contributed by atoms with Gasteiger partial charge in [0.2, 0.25) is 0 Å². The molecule has 0 atom stereocenters. The Balaban J connectivity index is 1.66. The van der Waals surface area contributed by atoms with Gasteiger partial charge in [0.15, 0.2) is 0 Å². The van der Waals surface area contributed by atoms with Crippen molar-refractivity contribution in [2.24, 2.45) is 0 Å². The molecule has 1 N–H and O–H groups in total. The van der Waals surface area contributed by atoms with Crippen molar-refractivity contribution in [3.05, 3.63) is 143 Å². The number of aryl methyl sites for hydroxylation is 1. The van der Waals surface area contributed by atoms with Gasteiger partial charge < -0.3 is 5.11 Å². The van der Waals surface area contributed by atoms with Gasteiger partial charge in [-0.1, -0.05) is 126 Å². The summed E-state index contributed by atoms with van der Waals surface area (Å²) in [6.45, 7) is 29.1. The molecule has 0 saturated heterocycles. The van der Waals surface area contributed by atoms with Gasteiger partial charge in [-0.15, -0.1) is 0 Å². The lowest BCUT2D eigenvalue weighted by molar-refractivity contribution is 0.470. The fourth-order valence-corrected chi connectivity index (χ4v) is 7.51. The summed E-state index contributed by atoms with van der Waals surface area (Å²) in [6.07, 6.45) is 1.85. The Labute approximate surface area is 344 Å². The molecular weight excluding hydrogens is 714 g/mol. The number of hydrogen-bond donors (Lipinski definition) is 1. The lowest BCUT2D eigenvalue weighted by Crippen LogP contribution is -2.17. The molecule has 0 aliphatic rings. The Hall–Kier alpha value is -5.55. The monoisotopic (exact) mass is 771 g/mol. The van der Waals surface area contributed by atoms with Crippen LogP contribution in [-0.2, 0) is 21.7 Å². The molecule has 0 saturated carbocycles. The molecule has 0 bridgehead atoms. The van der Waals surface area contributed by atoms with Crippen molar-refractivity contribution in [2.45, 2.75) is 112 Å². The second-order valence-corrected chi connectivity index (χ2v) is 20.2. The summed E-state index contributed by atoms with van der Waals surface area (Å²) in [5.74, 6) is -0.139. The first-order chi connectivity index (χ1) is 27.0. The molecule has 2 aromatic heterocycles. The minimum Gasteiger partial charge on any atom is -0.507 e. The third kappa shape index (κ3) is 8.09. The number of rotatable bonds is 5. The largest absolute Gasteiger partial charge is 0.507 e. The van der Waals surface area contributed by atoms with E-state index in [-0.39, 0.29) is 27.4 Å². The van der Waals surface area contributed by atoms with Crippen LogP contribution in [-0.4, -0.2) is 19.6 Å². The van der Waals surface area contributed by atoms with E-state index in [1.165, 1.54) is 34.4 Å². The maximum atomic E-state index is 14.6. The summed E-state index contributed by atoms with van der Waals surface area (Å²) >= 11 is 0. The van der Waals surface area contributed by atoms with E-state index in [0.717, 1.165) is 55.8 Å².